The van der Waals surface area contributed by atoms with Gasteiger partial charge in [-0.2, -0.15) is 12.8 Å². The smallest absolute Gasteiger partial charge is 1.00 e. The summed E-state index contributed by atoms with van der Waals surface area (Å²) in [5.41, 5.74) is 4.12. The number of halogens is 2. The van der Waals surface area contributed by atoms with Gasteiger partial charge in [-0.25, -0.2) is 0 Å². The van der Waals surface area contributed by atoms with E-state index in [9.17, 15) is 0 Å². The maximum absolute atomic E-state index is 2.51. The first-order valence-corrected chi connectivity index (χ1v) is 19.4. The van der Waals surface area contributed by atoms with Crippen LogP contribution in [0.2, 0.25) is 36.3 Å². The van der Waals surface area contributed by atoms with E-state index in [2.05, 4.69) is 73.5 Å². The molecular formula is C30H46Cl2Si2Ti. The van der Waals surface area contributed by atoms with Crippen LogP contribution in [-0.2, 0) is 21.7 Å². The van der Waals surface area contributed by atoms with Crippen LogP contribution in [0.3, 0.4) is 0 Å². The Labute approximate surface area is 246 Å². The van der Waals surface area contributed by atoms with Crippen molar-refractivity contribution in [2.75, 3.05) is 0 Å². The average molecular weight is 582 g/mol. The minimum Gasteiger partial charge on any atom is -1.00 e. The first-order chi connectivity index (χ1) is 15.7. The second kappa shape index (κ2) is 14.2. The molecule has 2 heterocycles. The molecule has 0 amide bonds. The van der Waals surface area contributed by atoms with Crippen LogP contribution < -0.4 is 24.8 Å². The largest absolute Gasteiger partial charge is 4.00 e. The maximum atomic E-state index is 2.51. The minimum absolute atomic E-state index is 0. The molecule has 4 fully saturated rings. The summed E-state index contributed by atoms with van der Waals surface area (Å²) >= 11 is 0. The van der Waals surface area contributed by atoms with Gasteiger partial charge in [0.2, 0.25) is 0 Å². The molecule has 5 heteroatoms. The van der Waals surface area contributed by atoms with Crippen molar-refractivity contribution in [2.45, 2.75) is 101 Å². The van der Waals surface area contributed by atoms with Crippen molar-refractivity contribution in [1.29, 1.82) is 0 Å². The molecule has 0 radical (unpaired) electrons. The molecule has 0 nitrogen and oxygen atoms in total. The third-order valence-corrected chi connectivity index (χ3v) is 22.3. The number of hydrogen-bond acceptors (Lipinski definition) is 0. The Hall–Kier alpha value is 0.688. The molecule has 0 spiro atoms. The van der Waals surface area contributed by atoms with Crippen LogP contribution in [0, 0.1) is 34.8 Å². The predicted molar refractivity (Wildman–Crippen MR) is 146 cm³/mol. The average Bonchev–Trinajstić information content (AvgIpc) is 3.39. The number of rotatable bonds is 6. The first-order valence-electron chi connectivity index (χ1n) is 14.1. The fourth-order valence-corrected chi connectivity index (χ4v) is 19.1. The zero-order chi connectivity index (χ0) is 22.0. The third kappa shape index (κ3) is 6.30. The van der Waals surface area contributed by atoms with Gasteiger partial charge in [0, 0.05) is 0 Å². The molecule has 6 rings (SSSR count). The summed E-state index contributed by atoms with van der Waals surface area (Å²) in [5, 5.41) is 0. The molecular weight excluding hydrogens is 535 g/mol. The summed E-state index contributed by atoms with van der Waals surface area (Å²) in [4.78, 5) is 0. The summed E-state index contributed by atoms with van der Waals surface area (Å²) in [5.74, 6) is 3.48. The normalized spacial score (nSPS) is 33.0. The molecule has 4 unspecified atom stereocenters. The molecule has 2 saturated carbocycles. The fraction of sp³-hybridized carbons (Fsp3) is 0.667. The molecule has 35 heavy (non-hydrogen) atoms. The molecule has 2 aliphatic heterocycles. The molecule has 0 aromatic rings. The monoisotopic (exact) mass is 580 g/mol. The summed E-state index contributed by atoms with van der Waals surface area (Å²) in [6, 6.07) is 9.66. The molecule has 0 bridgehead atoms. The standard InChI is InChI=1S/2C15H23Si.2ClH.Ti/c2*1-2-10-16(11-5-12-16)15-9-8-13-6-3-4-7-14(13)15;;;/h2*3-4,6-7,13-14H,2,5,8-12H2,1H3;2*1H;/q2*-1;;;+4/p-2. The Morgan fingerprint density at radius 1 is 0.629 bits per heavy atom. The summed E-state index contributed by atoms with van der Waals surface area (Å²) < 4.78 is 0. The number of hydrogen-bond donors (Lipinski definition) is 0. The van der Waals surface area contributed by atoms with E-state index in [-0.39, 0.29) is 46.5 Å². The SMILES string of the molecule is CCC[Si]1([C-]2CCC3C=CC=CC23)CCC1.CCC[Si]1([C-]2CCC3C=CC=CC23)CCC1.[Cl-].[Cl-].[Ti+4]. The topological polar surface area (TPSA) is 0 Å². The van der Waals surface area contributed by atoms with Crippen LogP contribution in [-0.4, -0.2) is 16.1 Å². The van der Waals surface area contributed by atoms with Crippen molar-refractivity contribution in [2.24, 2.45) is 23.7 Å². The van der Waals surface area contributed by atoms with E-state index in [1.807, 2.05) is 0 Å². The van der Waals surface area contributed by atoms with Crippen LogP contribution in [0.4, 0.5) is 0 Å². The Balaban J connectivity index is 0.000000227. The zero-order valence-electron chi connectivity index (χ0n) is 22.1. The predicted octanol–water partition coefficient (Wildman–Crippen LogP) is 3.04. The molecule has 4 aliphatic carbocycles. The zero-order valence-corrected chi connectivity index (χ0v) is 27.2. The molecule has 4 atom stereocenters. The van der Waals surface area contributed by atoms with Gasteiger partial charge < -0.3 is 35.9 Å². The number of allylic oxidation sites excluding steroid dienone is 8. The first kappa shape index (κ1) is 31.9. The van der Waals surface area contributed by atoms with Gasteiger partial charge in [0.1, 0.15) is 0 Å². The maximum Gasteiger partial charge on any atom is 4.00 e. The third-order valence-electron chi connectivity index (χ3n) is 10.2. The van der Waals surface area contributed by atoms with Gasteiger partial charge >= 0.3 is 21.7 Å². The molecule has 2 saturated heterocycles. The molecule has 192 valence electrons. The van der Waals surface area contributed by atoms with E-state index in [0.717, 1.165) is 23.7 Å². The summed E-state index contributed by atoms with van der Waals surface area (Å²) in [6.07, 6.45) is 30.8. The molecule has 0 aromatic carbocycles. The van der Waals surface area contributed by atoms with Crippen LogP contribution in [0.5, 0.6) is 0 Å². The van der Waals surface area contributed by atoms with Crippen LogP contribution in [0.1, 0.15) is 65.2 Å². The van der Waals surface area contributed by atoms with Crippen molar-refractivity contribution >= 4 is 16.1 Å². The van der Waals surface area contributed by atoms with Crippen molar-refractivity contribution < 1.29 is 46.5 Å². The molecule has 0 aromatic heterocycles. The molecule has 0 N–H and O–H groups in total. The quantitative estimate of drug-likeness (QED) is 0.335. The van der Waals surface area contributed by atoms with Crippen molar-refractivity contribution in [1.82, 2.24) is 0 Å². The minimum atomic E-state index is -0.886. The fourth-order valence-electron chi connectivity index (χ4n) is 8.45. The summed E-state index contributed by atoms with van der Waals surface area (Å²) in [6.45, 7) is 4.77. The van der Waals surface area contributed by atoms with Gasteiger partial charge in [0.25, 0.3) is 0 Å². The van der Waals surface area contributed by atoms with E-state index in [1.165, 1.54) is 51.4 Å². The van der Waals surface area contributed by atoms with Crippen molar-refractivity contribution in [3.05, 3.63) is 59.7 Å². The van der Waals surface area contributed by atoms with Crippen molar-refractivity contribution in [3.63, 3.8) is 0 Å². The number of fused-ring (bicyclic) bond motifs is 2. The van der Waals surface area contributed by atoms with Gasteiger partial charge in [0.05, 0.1) is 0 Å². The molecule has 6 aliphatic rings. The van der Waals surface area contributed by atoms with E-state index in [0.29, 0.717) is 0 Å². The van der Waals surface area contributed by atoms with Gasteiger partial charge in [-0.3, -0.25) is 0 Å². The van der Waals surface area contributed by atoms with E-state index < -0.39 is 16.1 Å². The van der Waals surface area contributed by atoms with E-state index >= 15 is 0 Å². The van der Waals surface area contributed by atoms with Crippen LogP contribution >= 0.6 is 0 Å². The second-order valence-electron chi connectivity index (χ2n) is 11.8. The van der Waals surface area contributed by atoms with Crippen LogP contribution in [0.15, 0.2) is 48.6 Å². The van der Waals surface area contributed by atoms with Gasteiger partial charge in [-0.05, 0) is 11.8 Å². The second-order valence-corrected chi connectivity index (χ2v) is 21.2. The van der Waals surface area contributed by atoms with E-state index in [1.54, 1.807) is 36.3 Å². The Bertz CT molecular complexity index is 704. The van der Waals surface area contributed by atoms with Gasteiger partial charge in [-0.1, -0.05) is 141 Å². The van der Waals surface area contributed by atoms with Gasteiger partial charge in [-0.15, -0.1) is 24.0 Å². The van der Waals surface area contributed by atoms with Gasteiger partial charge in [0.15, 0.2) is 0 Å². The van der Waals surface area contributed by atoms with Crippen LogP contribution in [0.25, 0.3) is 0 Å². The Morgan fingerprint density at radius 3 is 1.31 bits per heavy atom. The Morgan fingerprint density at radius 2 is 1.00 bits per heavy atom. The summed E-state index contributed by atoms with van der Waals surface area (Å²) in [7, 11) is -1.77. The Kier molecular flexibility index (Phi) is 12.9. The van der Waals surface area contributed by atoms with Crippen molar-refractivity contribution in [3.8, 4) is 0 Å². The van der Waals surface area contributed by atoms with E-state index in [4.69, 9.17) is 0 Å².